The molecule has 0 radical (unpaired) electrons. The second kappa shape index (κ2) is 4.63. The molecule has 2 nitrogen and oxygen atoms in total. The Bertz CT molecular complexity index is 177. The van der Waals surface area contributed by atoms with Crippen molar-refractivity contribution in [1.29, 1.82) is 0 Å². The Morgan fingerprint density at radius 2 is 1.93 bits per heavy atom. The average Bonchev–Trinajstić information content (AvgIpc) is 2.18. The van der Waals surface area contributed by atoms with Gasteiger partial charge in [0.15, 0.2) is 0 Å². The molecule has 2 aliphatic rings. The molecule has 0 amide bonds. The second-order valence-corrected chi connectivity index (χ2v) is 5.23. The van der Waals surface area contributed by atoms with Gasteiger partial charge in [-0.1, -0.05) is 12.8 Å². The molecule has 2 fully saturated rings. The Balaban J connectivity index is 1.94. The molecule has 0 aromatic carbocycles. The minimum absolute atomic E-state index is 0.343. The maximum absolute atomic E-state index is 5.90. The summed E-state index contributed by atoms with van der Waals surface area (Å²) in [4.78, 5) is 2.66. The lowest BCUT2D eigenvalue weighted by atomic mass is 9.78. The van der Waals surface area contributed by atoms with E-state index in [0.29, 0.717) is 6.04 Å². The second-order valence-electron chi connectivity index (χ2n) is 5.23. The number of rotatable bonds is 2. The average molecular weight is 196 g/mol. The lowest BCUT2D eigenvalue weighted by molar-refractivity contribution is 0.0575. The van der Waals surface area contributed by atoms with E-state index in [1.807, 2.05) is 0 Å². The van der Waals surface area contributed by atoms with E-state index in [1.54, 1.807) is 0 Å². The van der Waals surface area contributed by atoms with Gasteiger partial charge in [0.1, 0.15) is 0 Å². The zero-order valence-corrected chi connectivity index (χ0v) is 9.41. The third kappa shape index (κ3) is 2.29. The van der Waals surface area contributed by atoms with Gasteiger partial charge < -0.3 is 5.73 Å². The summed E-state index contributed by atoms with van der Waals surface area (Å²) in [6.45, 7) is 4.54. The van der Waals surface area contributed by atoms with E-state index in [-0.39, 0.29) is 0 Å². The van der Waals surface area contributed by atoms with Gasteiger partial charge in [-0.25, -0.2) is 0 Å². The first-order chi connectivity index (χ1) is 6.77. The minimum Gasteiger partial charge on any atom is -0.327 e. The summed E-state index contributed by atoms with van der Waals surface area (Å²) in [5, 5.41) is 0. The smallest absolute Gasteiger partial charge is 0.0139 e. The number of hydrogen-bond donors (Lipinski definition) is 1. The summed E-state index contributed by atoms with van der Waals surface area (Å²) >= 11 is 0. The number of hydrogen-bond acceptors (Lipinski definition) is 2. The Kier molecular flexibility index (Phi) is 3.45. The molecule has 0 aromatic heterocycles. The summed E-state index contributed by atoms with van der Waals surface area (Å²) < 4.78 is 0. The molecule has 1 aliphatic heterocycles. The van der Waals surface area contributed by atoms with Crippen molar-refractivity contribution in [1.82, 2.24) is 4.90 Å². The molecule has 2 N–H and O–H groups in total. The molecule has 14 heavy (non-hydrogen) atoms. The lowest BCUT2D eigenvalue weighted by Gasteiger charge is -2.44. The minimum atomic E-state index is 0.343. The fourth-order valence-corrected chi connectivity index (χ4v) is 3.32. The third-order valence-corrected chi connectivity index (χ3v) is 3.88. The first-order valence-electron chi connectivity index (χ1n) is 6.27. The molecule has 1 saturated heterocycles. The Morgan fingerprint density at radius 1 is 1.21 bits per heavy atom. The van der Waals surface area contributed by atoms with Gasteiger partial charge in [-0.05, 0) is 45.1 Å². The van der Waals surface area contributed by atoms with E-state index in [9.17, 15) is 0 Å². The highest BCUT2D eigenvalue weighted by atomic mass is 15.2. The predicted molar refractivity (Wildman–Crippen MR) is 60.2 cm³/mol. The highest BCUT2D eigenvalue weighted by Crippen LogP contribution is 2.34. The summed E-state index contributed by atoms with van der Waals surface area (Å²) in [6, 6.07) is 1.22. The van der Waals surface area contributed by atoms with Crippen LogP contribution in [0.3, 0.4) is 0 Å². The fourth-order valence-electron chi connectivity index (χ4n) is 3.32. The van der Waals surface area contributed by atoms with Crippen LogP contribution in [0.25, 0.3) is 0 Å². The van der Waals surface area contributed by atoms with Gasteiger partial charge >= 0.3 is 0 Å². The Hall–Kier alpha value is -0.0800. The number of nitrogens with zero attached hydrogens (tertiary/aromatic N) is 1. The summed E-state index contributed by atoms with van der Waals surface area (Å²) in [6.07, 6.45) is 8.68. The van der Waals surface area contributed by atoms with Crippen LogP contribution < -0.4 is 5.73 Å². The molecule has 2 rings (SSSR count). The number of nitrogens with two attached hydrogens (primary N) is 1. The van der Waals surface area contributed by atoms with Crippen LogP contribution in [0.5, 0.6) is 0 Å². The molecule has 1 aliphatic carbocycles. The fraction of sp³-hybridized carbons (Fsp3) is 1.00. The van der Waals surface area contributed by atoms with E-state index in [0.717, 1.165) is 18.5 Å². The van der Waals surface area contributed by atoms with Crippen molar-refractivity contribution in [2.45, 2.75) is 57.5 Å². The number of fused-ring (bicyclic) bond motifs is 1. The molecule has 2 heteroatoms. The normalized spacial score (nSPS) is 36.4. The quantitative estimate of drug-likeness (QED) is 0.732. The van der Waals surface area contributed by atoms with Crippen LogP contribution in [-0.4, -0.2) is 30.1 Å². The van der Waals surface area contributed by atoms with Crippen LogP contribution >= 0.6 is 0 Å². The van der Waals surface area contributed by atoms with Crippen LogP contribution in [0.1, 0.15) is 45.4 Å². The summed E-state index contributed by atoms with van der Waals surface area (Å²) in [7, 11) is 0. The van der Waals surface area contributed by atoms with E-state index in [2.05, 4.69) is 11.8 Å². The van der Waals surface area contributed by atoms with Gasteiger partial charge in [0.25, 0.3) is 0 Å². The van der Waals surface area contributed by atoms with Crippen molar-refractivity contribution in [3.63, 3.8) is 0 Å². The zero-order chi connectivity index (χ0) is 9.97. The van der Waals surface area contributed by atoms with Gasteiger partial charge in [-0.2, -0.15) is 0 Å². The molecular formula is C12H24N2. The summed E-state index contributed by atoms with van der Waals surface area (Å²) in [5.74, 6) is 0.997. The van der Waals surface area contributed by atoms with Crippen molar-refractivity contribution >= 4 is 0 Å². The molecule has 3 atom stereocenters. The first-order valence-corrected chi connectivity index (χ1v) is 6.27. The number of piperidine rings is 1. The predicted octanol–water partition coefficient (Wildman–Crippen LogP) is 1.99. The summed E-state index contributed by atoms with van der Waals surface area (Å²) in [5.41, 5.74) is 5.90. The Morgan fingerprint density at radius 3 is 2.71 bits per heavy atom. The van der Waals surface area contributed by atoms with Crippen molar-refractivity contribution in [2.75, 3.05) is 13.1 Å². The maximum atomic E-state index is 5.90. The molecule has 1 saturated carbocycles. The monoisotopic (exact) mass is 196 g/mol. The van der Waals surface area contributed by atoms with Crippen molar-refractivity contribution in [3.05, 3.63) is 0 Å². The molecular weight excluding hydrogens is 172 g/mol. The van der Waals surface area contributed by atoms with Crippen LogP contribution in [0.15, 0.2) is 0 Å². The van der Waals surface area contributed by atoms with E-state index in [4.69, 9.17) is 5.73 Å². The van der Waals surface area contributed by atoms with Crippen LogP contribution in [-0.2, 0) is 0 Å². The zero-order valence-electron chi connectivity index (χ0n) is 9.41. The Labute approximate surface area is 87.8 Å². The SMILES string of the molecule is C[C@H](N)CN1CCC[C@H]2CCCC[C@H]21. The van der Waals surface area contributed by atoms with Gasteiger partial charge in [0.05, 0.1) is 0 Å². The molecule has 0 aromatic rings. The maximum Gasteiger partial charge on any atom is 0.0139 e. The highest BCUT2D eigenvalue weighted by Gasteiger charge is 2.32. The van der Waals surface area contributed by atoms with Crippen LogP contribution in [0.4, 0.5) is 0 Å². The van der Waals surface area contributed by atoms with E-state index in [1.165, 1.54) is 45.1 Å². The molecule has 82 valence electrons. The lowest BCUT2D eigenvalue weighted by Crippen LogP contribution is -2.50. The standard InChI is InChI=1S/C12H24N2/c1-10(13)9-14-8-4-6-11-5-2-3-7-12(11)14/h10-12H,2-9,13H2,1H3/t10-,11+,12+/m0/s1. The van der Waals surface area contributed by atoms with Gasteiger partial charge in [-0.15, -0.1) is 0 Å². The van der Waals surface area contributed by atoms with Crippen molar-refractivity contribution < 1.29 is 0 Å². The number of likely N-dealkylation sites (tertiary alicyclic amines) is 1. The first kappa shape index (κ1) is 10.4. The largest absolute Gasteiger partial charge is 0.327 e. The van der Waals surface area contributed by atoms with Crippen LogP contribution in [0, 0.1) is 5.92 Å². The topological polar surface area (TPSA) is 29.3 Å². The van der Waals surface area contributed by atoms with Crippen LogP contribution in [0.2, 0.25) is 0 Å². The van der Waals surface area contributed by atoms with E-state index >= 15 is 0 Å². The molecule has 1 heterocycles. The van der Waals surface area contributed by atoms with Gasteiger partial charge in [-0.3, -0.25) is 4.90 Å². The van der Waals surface area contributed by atoms with Crippen molar-refractivity contribution in [2.24, 2.45) is 11.7 Å². The molecule has 0 unspecified atom stereocenters. The van der Waals surface area contributed by atoms with Crippen molar-refractivity contribution in [3.8, 4) is 0 Å². The van der Waals surface area contributed by atoms with Gasteiger partial charge in [0, 0.05) is 18.6 Å². The highest BCUT2D eigenvalue weighted by molar-refractivity contribution is 4.88. The van der Waals surface area contributed by atoms with Gasteiger partial charge in [0.2, 0.25) is 0 Å². The molecule has 0 bridgehead atoms. The molecule has 0 spiro atoms. The van der Waals surface area contributed by atoms with E-state index < -0.39 is 0 Å². The third-order valence-electron chi connectivity index (χ3n) is 3.88.